The summed E-state index contributed by atoms with van der Waals surface area (Å²) in [6.45, 7) is 0.639. The van der Waals surface area contributed by atoms with E-state index in [1.807, 2.05) is 0 Å². The third kappa shape index (κ3) is 45.0. The van der Waals surface area contributed by atoms with E-state index in [0.717, 1.165) is 0 Å². The van der Waals surface area contributed by atoms with Crippen LogP contribution in [0.15, 0.2) is 0 Å². The van der Waals surface area contributed by atoms with E-state index >= 15 is 0 Å². The van der Waals surface area contributed by atoms with Crippen LogP contribution in [-0.4, -0.2) is 65.8 Å². The summed E-state index contributed by atoms with van der Waals surface area (Å²) < 4.78 is 23.6. The highest BCUT2D eigenvalue weighted by molar-refractivity contribution is 5.70. The van der Waals surface area contributed by atoms with E-state index < -0.39 is 11.9 Å². The highest BCUT2D eigenvalue weighted by Crippen LogP contribution is 1.84. The molecule has 0 aliphatic carbocycles. The van der Waals surface area contributed by atoms with Gasteiger partial charge in [-0.3, -0.25) is 0 Å². The fraction of sp³-hybridized carbons (Fsp3) is 0.889. The smallest absolute Gasteiger partial charge is 0.332 e. The Bertz CT molecular complexity index is 199. The molecule has 0 aromatic rings. The molecule has 0 heterocycles. The largest absolute Gasteiger partial charge is 0.462 e. The maximum Gasteiger partial charge on any atom is 0.332 e. The molecule has 0 saturated carbocycles. The Labute approximate surface area is 159 Å². The minimum absolute atomic E-state index is 0. The molecule has 164 valence electrons. The zero-order valence-electron chi connectivity index (χ0n) is 10.1. The maximum atomic E-state index is 10.8. The summed E-state index contributed by atoms with van der Waals surface area (Å²) in [7, 11) is 2.82. The predicted octanol–water partition coefficient (Wildman–Crippen LogP) is 4.47. The molecule has 0 atom stereocenters. The average molecular weight is 379 g/mol. The lowest BCUT2D eigenvalue weighted by molar-refractivity contribution is -0.151. The van der Waals surface area contributed by atoms with Crippen molar-refractivity contribution in [3.8, 4) is 0 Å². The summed E-state index contributed by atoms with van der Waals surface area (Å²) in [4.78, 5) is 21.6. The first-order chi connectivity index (χ1) is 8.20. The third-order valence-electron chi connectivity index (χ3n) is 1.51. The van der Waals surface area contributed by atoms with Crippen LogP contribution in [0.25, 0.3) is 0 Å². The normalized spacial score (nSPS) is 6.80. The van der Waals surface area contributed by atoms with Crippen LogP contribution in [0.1, 0.15) is 59.4 Å². The summed E-state index contributed by atoms with van der Waals surface area (Å²) in [5.41, 5.74) is 0. The summed E-state index contributed by atoms with van der Waals surface area (Å²) in [5.74, 6) is -0.884. The van der Waals surface area contributed by atoms with E-state index in [9.17, 15) is 9.59 Å². The van der Waals surface area contributed by atoms with Gasteiger partial charge in [-0.15, -0.1) is 0 Å². The van der Waals surface area contributed by atoms with Gasteiger partial charge in [-0.2, -0.15) is 0 Å². The fourth-order valence-electron chi connectivity index (χ4n) is 0.850. The van der Waals surface area contributed by atoms with Crippen molar-refractivity contribution in [1.82, 2.24) is 0 Å². The maximum absolute atomic E-state index is 10.8. The topological polar surface area (TPSA) is 80.3 Å². The number of ether oxygens (including phenoxy) is 5. The van der Waals surface area contributed by atoms with Crippen molar-refractivity contribution in [1.29, 1.82) is 0 Å². The van der Waals surface area contributed by atoms with E-state index in [1.54, 1.807) is 0 Å². The van der Waals surface area contributed by atoms with Gasteiger partial charge in [0.2, 0.25) is 0 Å². The number of rotatable bonds is 10. The lowest BCUT2D eigenvalue weighted by Gasteiger charge is -2.06. The van der Waals surface area contributed by atoms with Gasteiger partial charge in [-0.05, 0) is 0 Å². The van der Waals surface area contributed by atoms with Gasteiger partial charge in [0.15, 0.2) is 0 Å². The molecule has 0 saturated heterocycles. The van der Waals surface area contributed by atoms with Crippen LogP contribution in [0.5, 0.6) is 0 Å². The van der Waals surface area contributed by atoms with Crippen molar-refractivity contribution < 1.29 is 33.3 Å². The quantitative estimate of drug-likeness (QED) is 0.410. The van der Waals surface area contributed by atoms with Crippen LogP contribution in [0.2, 0.25) is 0 Å². The Balaban J connectivity index is -0.0000000457. The van der Waals surface area contributed by atoms with Gasteiger partial charge in [0, 0.05) is 14.2 Å². The molecule has 0 N–H and O–H groups in total. The van der Waals surface area contributed by atoms with E-state index in [1.165, 1.54) is 14.2 Å². The molecule has 0 bridgehead atoms. The molecule has 7 heteroatoms. The summed E-state index contributed by atoms with van der Waals surface area (Å²) in [5, 5.41) is 0. The molecule has 0 amide bonds. The molecular weight excluding hydrogens is 328 g/mol. The SMILES string of the molecule is C.C.C.C.C.C.C.C.COCC(=O)OCCOCCOC(=O)COC. The average Bonchev–Trinajstić information content (AvgIpc) is 2.28. The van der Waals surface area contributed by atoms with Crippen molar-refractivity contribution in [3.63, 3.8) is 0 Å². The summed E-state index contributed by atoms with van der Waals surface area (Å²) in [6.07, 6.45) is 0. The van der Waals surface area contributed by atoms with Crippen molar-refractivity contribution in [2.45, 2.75) is 59.4 Å². The molecule has 0 aliphatic heterocycles. The van der Waals surface area contributed by atoms with E-state index in [-0.39, 0.29) is 99.1 Å². The minimum Gasteiger partial charge on any atom is -0.462 e. The third-order valence-corrected chi connectivity index (χ3v) is 1.51. The van der Waals surface area contributed by atoms with Gasteiger partial charge in [0.25, 0.3) is 0 Å². The van der Waals surface area contributed by atoms with E-state index in [4.69, 9.17) is 14.2 Å². The zero-order chi connectivity index (χ0) is 12.9. The highest BCUT2D eigenvalue weighted by Gasteiger charge is 2.02. The molecule has 0 aliphatic rings. The molecule has 0 aromatic carbocycles. The first kappa shape index (κ1) is 56.5. The molecular formula is C18H50O7. The molecule has 0 spiro atoms. The minimum atomic E-state index is -0.442. The predicted molar refractivity (Wildman–Crippen MR) is 110 cm³/mol. The number of hydrogen-bond donors (Lipinski definition) is 0. The van der Waals surface area contributed by atoms with Crippen molar-refractivity contribution >= 4 is 11.9 Å². The van der Waals surface area contributed by atoms with Gasteiger partial charge in [0.05, 0.1) is 13.2 Å². The fourth-order valence-corrected chi connectivity index (χ4v) is 0.850. The second kappa shape index (κ2) is 43.4. The summed E-state index contributed by atoms with van der Waals surface area (Å²) >= 11 is 0. The van der Waals surface area contributed by atoms with Crippen molar-refractivity contribution in [3.05, 3.63) is 0 Å². The lowest BCUT2D eigenvalue weighted by Crippen LogP contribution is -2.17. The van der Waals surface area contributed by atoms with E-state index in [2.05, 4.69) is 9.47 Å². The Kier molecular flexibility index (Phi) is 98.1. The summed E-state index contributed by atoms with van der Waals surface area (Å²) in [6, 6.07) is 0. The van der Waals surface area contributed by atoms with Gasteiger partial charge in [-0.25, -0.2) is 9.59 Å². The molecule has 0 unspecified atom stereocenters. The van der Waals surface area contributed by atoms with E-state index in [0.29, 0.717) is 0 Å². The Morgan fingerprint density at radius 1 is 0.560 bits per heavy atom. The number of hydrogen-bond acceptors (Lipinski definition) is 7. The number of methoxy groups -OCH3 is 2. The Morgan fingerprint density at radius 2 is 0.840 bits per heavy atom. The molecule has 7 nitrogen and oxygen atoms in total. The highest BCUT2D eigenvalue weighted by atomic mass is 16.6. The number of esters is 2. The molecule has 0 rings (SSSR count). The van der Waals surface area contributed by atoms with Gasteiger partial charge in [-0.1, -0.05) is 59.4 Å². The Morgan fingerprint density at radius 3 is 1.08 bits per heavy atom. The van der Waals surface area contributed by atoms with Crippen LogP contribution in [0.3, 0.4) is 0 Å². The second-order valence-corrected chi connectivity index (χ2v) is 2.92. The number of carbonyl (C=O) groups excluding carboxylic acids is 2. The van der Waals surface area contributed by atoms with Gasteiger partial charge < -0.3 is 23.7 Å². The number of carbonyl (C=O) groups is 2. The first-order valence-electron chi connectivity index (χ1n) is 5.07. The monoisotopic (exact) mass is 378 g/mol. The zero-order valence-corrected chi connectivity index (χ0v) is 10.1. The molecule has 25 heavy (non-hydrogen) atoms. The lowest BCUT2D eigenvalue weighted by atomic mass is 10.6. The van der Waals surface area contributed by atoms with Crippen molar-refractivity contribution in [2.75, 3.05) is 53.9 Å². The molecule has 0 aromatic heterocycles. The van der Waals surface area contributed by atoms with Gasteiger partial charge in [0.1, 0.15) is 26.4 Å². The van der Waals surface area contributed by atoms with Crippen molar-refractivity contribution in [2.24, 2.45) is 0 Å². The first-order valence-corrected chi connectivity index (χ1v) is 5.07. The Hall–Kier alpha value is -1.18. The second-order valence-electron chi connectivity index (χ2n) is 2.92. The molecule has 0 fully saturated rings. The van der Waals surface area contributed by atoms with Crippen LogP contribution in [0.4, 0.5) is 0 Å². The van der Waals surface area contributed by atoms with Crippen LogP contribution in [0, 0.1) is 0 Å². The molecule has 0 radical (unpaired) electrons. The van der Waals surface area contributed by atoms with Crippen LogP contribution >= 0.6 is 0 Å². The van der Waals surface area contributed by atoms with Crippen LogP contribution in [-0.2, 0) is 33.3 Å². The van der Waals surface area contributed by atoms with Gasteiger partial charge >= 0.3 is 11.9 Å². The standard InChI is InChI=1S/C10H18O7.8CH4/c1-13-7-9(11)16-5-3-15-4-6-17-10(12)8-14-2;;;;;;;;/h3-8H2,1-2H3;8*1H4. The van der Waals surface area contributed by atoms with Crippen LogP contribution < -0.4 is 0 Å².